The van der Waals surface area contributed by atoms with E-state index in [4.69, 9.17) is 4.74 Å². The van der Waals surface area contributed by atoms with Crippen LogP contribution in [0.15, 0.2) is 63.3 Å². The second-order valence-corrected chi connectivity index (χ2v) is 5.41. The molecular weight excluding hydrogens is 362 g/mol. The van der Waals surface area contributed by atoms with Crippen LogP contribution < -0.4 is 10.2 Å². The highest BCUT2D eigenvalue weighted by Gasteiger charge is 2.11. The number of para-hydroxylation sites is 1. The molecule has 1 N–H and O–H groups in total. The third-order valence-electron chi connectivity index (χ3n) is 3.01. The molecule has 0 bridgehead atoms. The van der Waals surface area contributed by atoms with Crippen molar-refractivity contribution in [3.05, 3.63) is 69.0 Å². The van der Waals surface area contributed by atoms with E-state index in [9.17, 15) is 9.70 Å². The number of carbonyl (C=O) groups excluding carboxylic acids is 1. The maximum Gasteiger partial charge on any atom is 0.271 e. The van der Waals surface area contributed by atoms with E-state index in [1.165, 1.54) is 7.11 Å². The smallest absolute Gasteiger partial charge is 0.271 e. The number of amides is 1. The van der Waals surface area contributed by atoms with Gasteiger partial charge in [-0.15, -0.1) is 0 Å². The normalized spacial score (nSPS) is 11.0. The van der Waals surface area contributed by atoms with Crippen molar-refractivity contribution in [3.63, 3.8) is 0 Å². The molecule has 0 saturated heterocycles. The number of nitroso groups, excluding NO2 is 1. The Morgan fingerprint density at radius 3 is 2.70 bits per heavy atom. The van der Waals surface area contributed by atoms with E-state index in [-0.39, 0.29) is 12.5 Å². The fraction of sp³-hybridized carbons (Fsp3) is 0.125. The van der Waals surface area contributed by atoms with Crippen molar-refractivity contribution in [2.75, 3.05) is 13.7 Å². The first-order valence-electron chi connectivity index (χ1n) is 6.70. The Morgan fingerprint density at radius 2 is 2.00 bits per heavy atom. The fourth-order valence-electron chi connectivity index (χ4n) is 1.94. The van der Waals surface area contributed by atoms with Crippen LogP contribution in [0.25, 0.3) is 0 Å². The summed E-state index contributed by atoms with van der Waals surface area (Å²) in [4.78, 5) is 22.8. The minimum atomic E-state index is -0.385. The van der Waals surface area contributed by atoms with Gasteiger partial charge < -0.3 is 4.74 Å². The Labute approximate surface area is 141 Å². The Balaban J connectivity index is 2.25. The van der Waals surface area contributed by atoms with E-state index >= 15 is 0 Å². The Kier molecular flexibility index (Phi) is 5.99. The summed E-state index contributed by atoms with van der Waals surface area (Å²) in [5.74, 6) is 0.163. The van der Waals surface area contributed by atoms with E-state index in [1.54, 1.807) is 42.5 Å². The molecule has 118 valence electrons. The molecule has 0 heterocycles. The van der Waals surface area contributed by atoms with E-state index in [1.807, 2.05) is 6.07 Å². The van der Waals surface area contributed by atoms with Crippen molar-refractivity contribution in [2.24, 2.45) is 10.3 Å². The first-order chi connectivity index (χ1) is 11.2. The van der Waals surface area contributed by atoms with Gasteiger partial charge >= 0.3 is 0 Å². The molecule has 0 fully saturated rings. The summed E-state index contributed by atoms with van der Waals surface area (Å²) in [6.07, 6.45) is 0. The van der Waals surface area contributed by atoms with Crippen LogP contribution in [0.3, 0.4) is 0 Å². The van der Waals surface area contributed by atoms with Gasteiger partial charge in [-0.3, -0.25) is 4.79 Å². The van der Waals surface area contributed by atoms with Crippen molar-refractivity contribution in [1.82, 2.24) is 5.43 Å². The van der Waals surface area contributed by atoms with Crippen LogP contribution in [0.5, 0.6) is 5.75 Å². The van der Waals surface area contributed by atoms with Gasteiger partial charge in [0.25, 0.3) is 5.91 Å². The zero-order chi connectivity index (χ0) is 16.7. The monoisotopic (exact) mass is 375 g/mol. The summed E-state index contributed by atoms with van der Waals surface area (Å²) >= 11 is 3.30. The van der Waals surface area contributed by atoms with Crippen molar-refractivity contribution >= 4 is 27.5 Å². The van der Waals surface area contributed by atoms with Crippen molar-refractivity contribution in [3.8, 4) is 5.75 Å². The second-order valence-electron chi connectivity index (χ2n) is 4.50. The number of benzene rings is 2. The second kappa shape index (κ2) is 8.19. The minimum Gasteiger partial charge on any atom is -0.496 e. The number of hydrogen-bond donors (Lipinski definition) is 1. The largest absolute Gasteiger partial charge is 0.496 e. The number of rotatable bonds is 6. The summed E-state index contributed by atoms with van der Waals surface area (Å²) in [5, 5.41) is 6.88. The van der Waals surface area contributed by atoms with Gasteiger partial charge in [-0.05, 0) is 30.3 Å². The van der Waals surface area contributed by atoms with E-state index in [0.29, 0.717) is 22.6 Å². The molecule has 0 aliphatic rings. The number of nitrogens with zero attached hydrogens (tertiary/aromatic N) is 2. The van der Waals surface area contributed by atoms with Crippen molar-refractivity contribution in [1.29, 1.82) is 0 Å². The average Bonchev–Trinajstić information content (AvgIpc) is 2.58. The average molecular weight is 376 g/mol. The number of methoxy groups -OCH3 is 1. The predicted octanol–water partition coefficient (Wildman–Crippen LogP) is 3.36. The number of carbonyl (C=O) groups is 1. The Hall–Kier alpha value is -2.54. The van der Waals surface area contributed by atoms with Gasteiger partial charge in [-0.1, -0.05) is 39.3 Å². The Bertz CT molecular complexity index is 747. The predicted molar refractivity (Wildman–Crippen MR) is 91.8 cm³/mol. The summed E-state index contributed by atoms with van der Waals surface area (Å²) in [5.41, 5.74) is 3.80. The molecule has 2 rings (SSSR count). The molecule has 7 heteroatoms. The summed E-state index contributed by atoms with van der Waals surface area (Å²) < 4.78 is 6.02. The fourth-order valence-corrected chi connectivity index (χ4v) is 2.34. The first kappa shape index (κ1) is 16.8. The van der Waals surface area contributed by atoms with Crippen LogP contribution in [0.4, 0.5) is 0 Å². The highest BCUT2D eigenvalue weighted by atomic mass is 79.9. The number of nitrogens with one attached hydrogen (secondary N) is 1. The Morgan fingerprint density at radius 1 is 1.22 bits per heavy atom. The maximum atomic E-state index is 12.1. The number of hydrazone groups is 1. The maximum absolute atomic E-state index is 12.1. The molecule has 0 atom stereocenters. The molecule has 23 heavy (non-hydrogen) atoms. The van der Waals surface area contributed by atoms with Crippen molar-refractivity contribution < 1.29 is 9.53 Å². The summed E-state index contributed by atoms with van der Waals surface area (Å²) in [6, 6.07) is 14.0. The number of halogens is 1. The van der Waals surface area contributed by atoms with Crippen molar-refractivity contribution in [2.45, 2.75) is 0 Å². The lowest BCUT2D eigenvalue weighted by atomic mass is 10.1. The van der Waals surface area contributed by atoms with Gasteiger partial charge in [0.15, 0.2) is 0 Å². The highest BCUT2D eigenvalue weighted by molar-refractivity contribution is 9.10. The number of hydrogen-bond acceptors (Lipinski definition) is 5. The molecule has 0 radical (unpaired) electrons. The molecule has 6 nitrogen and oxygen atoms in total. The van der Waals surface area contributed by atoms with E-state index in [0.717, 1.165) is 4.47 Å². The number of ether oxygens (including phenoxy) is 1. The lowest BCUT2D eigenvalue weighted by Crippen LogP contribution is -2.21. The van der Waals surface area contributed by atoms with Gasteiger partial charge in [0, 0.05) is 15.6 Å². The molecule has 0 aliphatic carbocycles. The minimum absolute atomic E-state index is 0.181. The van der Waals surface area contributed by atoms with Crippen LogP contribution in [0.2, 0.25) is 0 Å². The third-order valence-corrected chi connectivity index (χ3v) is 3.50. The third kappa shape index (κ3) is 4.46. The first-order valence-corrected chi connectivity index (χ1v) is 7.50. The zero-order valence-electron chi connectivity index (χ0n) is 12.3. The molecule has 0 saturated carbocycles. The van der Waals surface area contributed by atoms with Crippen LogP contribution in [-0.4, -0.2) is 25.3 Å². The van der Waals surface area contributed by atoms with Crippen LogP contribution in [0, 0.1) is 4.91 Å². The van der Waals surface area contributed by atoms with Gasteiger partial charge in [0.2, 0.25) is 0 Å². The van der Waals surface area contributed by atoms with Gasteiger partial charge in [-0.2, -0.15) is 10.0 Å². The topological polar surface area (TPSA) is 80.1 Å². The summed E-state index contributed by atoms with van der Waals surface area (Å²) in [6.45, 7) is -0.181. The molecule has 0 unspecified atom stereocenters. The molecule has 0 aliphatic heterocycles. The highest BCUT2D eigenvalue weighted by Crippen LogP contribution is 2.18. The van der Waals surface area contributed by atoms with Crippen LogP contribution in [-0.2, 0) is 0 Å². The van der Waals surface area contributed by atoms with Crippen LogP contribution >= 0.6 is 15.9 Å². The van der Waals surface area contributed by atoms with E-state index in [2.05, 4.69) is 31.6 Å². The lowest BCUT2D eigenvalue weighted by Gasteiger charge is -2.09. The SMILES string of the molecule is COc1ccccc1C(CN=O)=NNC(=O)c1cccc(Br)c1. The molecule has 1 amide bonds. The molecule has 0 aromatic heterocycles. The van der Waals surface area contributed by atoms with Crippen LogP contribution in [0.1, 0.15) is 15.9 Å². The molecule has 2 aromatic carbocycles. The quantitative estimate of drug-likeness (QED) is 0.477. The summed E-state index contributed by atoms with van der Waals surface area (Å²) in [7, 11) is 1.52. The van der Waals surface area contributed by atoms with Gasteiger partial charge in [0.1, 0.15) is 12.3 Å². The molecule has 2 aromatic rings. The van der Waals surface area contributed by atoms with Gasteiger partial charge in [-0.25, -0.2) is 5.43 Å². The standard InChI is InChI=1S/C16H14BrN3O3/c1-23-15-8-3-2-7-13(15)14(10-18-22)19-20-16(21)11-5-4-6-12(17)9-11/h2-9H,10H2,1H3,(H,20,21). The van der Waals surface area contributed by atoms with E-state index < -0.39 is 0 Å². The molecular formula is C16H14BrN3O3. The van der Waals surface area contributed by atoms with Gasteiger partial charge in [0.05, 0.1) is 12.8 Å². The molecule has 0 spiro atoms. The lowest BCUT2D eigenvalue weighted by molar-refractivity contribution is 0.0954. The zero-order valence-corrected chi connectivity index (χ0v) is 13.9.